The van der Waals surface area contributed by atoms with Gasteiger partial charge in [0, 0.05) is 6.54 Å². The van der Waals surface area contributed by atoms with Crippen molar-refractivity contribution in [3.63, 3.8) is 0 Å². The highest BCUT2D eigenvalue weighted by molar-refractivity contribution is 5.83. The fraction of sp³-hybridized carbons (Fsp3) is 0.304. The molecule has 0 aromatic heterocycles. The number of ether oxygens (including phenoxy) is 3. The van der Waals surface area contributed by atoms with E-state index >= 15 is 0 Å². The number of methoxy groups -OCH3 is 1. The van der Waals surface area contributed by atoms with Crippen LogP contribution in [0.5, 0.6) is 11.5 Å². The maximum Gasteiger partial charge on any atom is 0.344 e. The van der Waals surface area contributed by atoms with Gasteiger partial charge in [0.05, 0.1) is 7.11 Å². The molecule has 0 bridgehead atoms. The van der Waals surface area contributed by atoms with E-state index in [1.165, 1.54) is 26.2 Å². The van der Waals surface area contributed by atoms with E-state index in [4.69, 9.17) is 14.2 Å². The third-order valence-electron chi connectivity index (χ3n) is 4.20. The fourth-order valence-electron chi connectivity index (χ4n) is 2.65. The largest absolute Gasteiger partial charge is 0.493 e. The molecule has 0 radical (unpaired) electrons. The summed E-state index contributed by atoms with van der Waals surface area (Å²) in [4.78, 5) is 24.1. The van der Waals surface area contributed by atoms with Crippen LogP contribution in [0.2, 0.25) is 0 Å². The maximum absolute atomic E-state index is 12.9. The molecule has 0 unspecified atom stereocenters. The Labute approximate surface area is 175 Å². The molecule has 7 heteroatoms. The van der Waals surface area contributed by atoms with Crippen LogP contribution in [-0.4, -0.2) is 38.2 Å². The van der Waals surface area contributed by atoms with Gasteiger partial charge < -0.3 is 19.5 Å². The normalized spacial score (nSPS) is 11.7. The van der Waals surface area contributed by atoms with Crippen molar-refractivity contribution < 1.29 is 28.2 Å². The van der Waals surface area contributed by atoms with E-state index in [0.29, 0.717) is 24.5 Å². The lowest BCUT2D eigenvalue weighted by atomic mass is 10.1. The van der Waals surface area contributed by atoms with Crippen LogP contribution < -0.4 is 14.8 Å². The second kappa shape index (κ2) is 11.6. The van der Waals surface area contributed by atoms with Crippen LogP contribution in [0.15, 0.2) is 48.5 Å². The zero-order chi connectivity index (χ0) is 21.9. The average Bonchev–Trinajstić information content (AvgIpc) is 2.74. The summed E-state index contributed by atoms with van der Waals surface area (Å²) >= 11 is 0. The lowest BCUT2D eigenvalue weighted by Gasteiger charge is -2.15. The van der Waals surface area contributed by atoms with Gasteiger partial charge in [-0.1, -0.05) is 30.4 Å². The van der Waals surface area contributed by atoms with Crippen LogP contribution in [0, 0.1) is 5.82 Å². The van der Waals surface area contributed by atoms with E-state index in [1.807, 2.05) is 25.1 Å². The highest BCUT2D eigenvalue weighted by Gasteiger charge is 2.18. The van der Waals surface area contributed by atoms with Crippen molar-refractivity contribution in [1.29, 1.82) is 0 Å². The SMILES string of the molecule is C/C=C/c1ccc(OCC(=O)O[C@H](C)C(=O)NCCc2ccc(F)cc2)c(OC)c1. The number of hydrogen-bond acceptors (Lipinski definition) is 5. The molecular weight excluding hydrogens is 389 g/mol. The Balaban J connectivity index is 1.77. The molecule has 1 atom stereocenters. The highest BCUT2D eigenvalue weighted by atomic mass is 19.1. The third kappa shape index (κ3) is 7.24. The van der Waals surface area contributed by atoms with Gasteiger partial charge in [-0.05, 0) is 55.7 Å². The second-order valence-electron chi connectivity index (χ2n) is 6.50. The molecule has 160 valence electrons. The molecule has 0 aliphatic rings. The molecule has 2 rings (SSSR count). The van der Waals surface area contributed by atoms with Gasteiger partial charge in [0.1, 0.15) is 5.82 Å². The Bertz CT molecular complexity index is 880. The Morgan fingerprint density at radius 1 is 1.13 bits per heavy atom. The summed E-state index contributed by atoms with van der Waals surface area (Å²) in [6, 6.07) is 11.4. The first-order valence-electron chi connectivity index (χ1n) is 9.58. The molecule has 0 aliphatic heterocycles. The molecule has 6 nitrogen and oxygen atoms in total. The second-order valence-corrected chi connectivity index (χ2v) is 6.50. The van der Waals surface area contributed by atoms with Gasteiger partial charge in [0.25, 0.3) is 5.91 Å². The van der Waals surface area contributed by atoms with Crippen molar-refractivity contribution >= 4 is 18.0 Å². The molecule has 0 saturated heterocycles. The molecule has 1 amide bonds. The van der Waals surface area contributed by atoms with Crippen LogP contribution in [0.4, 0.5) is 4.39 Å². The van der Waals surface area contributed by atoms with E-state index in [1.54, 1.807) is 24.3 Å². The van der Waals surface area contributed by atoms with Crippen molar-refractivity contribution in [3.05, 3.63) is 65.5 Å². The van der Waals surface area contributed by atoms with Crippen molar-refractivity contribution in [1.82, 2.24) is 5.32 Å². The first-order chi connectivity index (χ1) is 14.4. The number of allylic oxidation sites excluding steroid dienone is 1. The number of esters is 1. The Morgan fingerprint density at radius 3 is 2.53 bits per heavy atom. The quantitative estimate of drug-likeness (QED) is 0.601. The number of carbonyl (C=O) groups is 2. The van der Waals surface area contributed by atoms with E-state index in [9.17, 15) is 14.0 Å². The summed E-state index contributed by atoms with van der Waals surface area (Å²) in [5.74, 6) is -0.504. The Kier molecular flexibility index (Phi) is 8.87. The molecule has 0 spiro atoms. The lowest BCUT2D eigenvalue weighted by Crippen LogP contribution is -2.37. The molecule has 1 N–H and O–H groups in total. The lowest BCUT2D eigenvalue weighted by molar-refractivity contribution is -0.156. The number of benzene rings is 2. The molecule has 2 aromatic carbocycles. The number of amides is 1. The van der Waals surface area contributed by atoms with E-state index < -0.39 is 18.0 Å². The van der Waals surface area contributed by atoms with Gasteiger partial charge in [0.15, 0.2) is 24.2 Å². The predicted octanol–water partition coefficient (Wildman–Crippen LogP) is 3.54. The fourth-order valence-corrected chi connectivity index (χ4v) is 2.65. The summed E-state index contributed by atoms with van der Waals surface area (Å²) in [5, 5.41) is 2.68. The van der Waals surface area contributed by atoms with Gasteiger partial charge in [0.2, 0.25) is 0 Å². The maximum atomic E-state index is 12.9. The van der Waals surface area contributed by atoms with Gasteiger partial charge in [-0.15, -0.1) is 0 Å². The van der Waals surface area contributed by atoms with E-state index in [0.717, 1.165) is 11.1 Å². The number of halogens is 1. The molecular formula is C23H26FNO5. The van der Waals surface area contributed by atoms with Crippen LogP contribution in [0.25, 0.3) is 6.08 Å². The Hall–Kier alpha value is -3.35. The molecule has 0 fully saturated rings. The van der Waals surface area contributed by atoms with Crippen LogP contribution in [0.3, 0.4) is 0 Å². The minimum absolute atomic E-state index is 0.308. The van der Waals surface area contributed by atoms with Gasteiger partial charge >= 0.3 is 5.97 Å². The standard InChI is InChI=1S/C23H26FNO5/c1-4-5-18-8-11-20(21(14-18)28-3)29-15-22(26)30-16(2)23(27)25-13-12-17-6-9-19(24)10-7-17/h4-11,14,16H,12-13,15H2,1-3H3,(H,25,27)/b5-4+/t16-/m1/s1. The van der Waals surface area contributed by atoms with Crippen molar-refractivity contribution in [2.75, 3.05) is 20.3 Å². The molecule has 0 saturated carbocycles. The first kappa shape index (κ1) is 22.9. The number of nitrogens with one attached hydrogen (secondary N) is 1. The van der Waals surface area contributed by atoms with Crippen LogP contribution in [0.1, 0.15) is 25.0 Å². The molecule has 0 heterocycles. The van der Waals surface area contributed by atoms with E-state index in [2.05, 4.69) is 5.32 Å². The minimum atomic E-state index is -0.965. The first-order valence-corrected chi connectivity index (χ1v) is 9.58. The number of carbonyl (C=O) groups excluding carboxylic acids is 2. The summed E-state index contributed by atoms with van der Waals surface area (Å²) in [5.41, 5.74) is 1.83. The van der Waals surface area contributed by atoms with Crippen molar-refractivity contribution in [2.45, 2.75) is 26.4 Å². The van der Waals surface area contributed by atoms with Gasteiger partial charge in [-0.25, -0.2) is 9.18 Å². The molecule has 0 aliphatic carbocycles. The number of rotatable bonds is 10. The summed E-state index contributed by atoms with van der Waals surface area (Å²) in [6.45, 7) is 3.38. The van der Waals surface area contributed by atoms with E-state index in [-0.39, 0.29) is 12.4 Å². The highest BCUT2D eigenvalue weighted by Crippen LogP contribution is 2.28. The van der Waals surface area contributed by atoms with Gasteiger partial charge in [-0.3, -0.25) is 4.79 Å². The zero-order valence-electron chi connectivity index (χ0n) is 17.3. The average molecular weight is 415 g/mol. The van der Waals surface area contributed by atoms with Crippen LogP contribution >= 0.6 is 0 Å². The smallest absolute Gasteiger partial charge is 0.344 e. The summed E-state index contributed by atoms with van der Waals surface area (Å²) in [6.07, 6.45) is 3.39. The summed E-state index contributed by atoms with van der Waals surface area (Å²) < 4.78 is 28.7. The number of hydrogen-bond donors (Lipinski definition) is 1. The third-order valence-corrected chi connectivity index (χ3v) is 4.20. The van der Waals surface area contributed by atoms with Gasteiger partial charge in [-0.2, -0.15) is 0 Å². The zero-order valence-corrected chi connectivity index (χ0v) is 17.3. The topological polar surface area (TPSA) is 73.9 Å². The minimum Gasteiger partial charge on any atom is -0.493 e. The molecule has 30 heavy (non-hydrogen) atoms. The summed E-state index contributed by atoms with van der Waals surface area (Å²) in [7, 11) is 1.51. The van der Waals surface area contributed by atoms with Crippen molar-refractivity contribution in [2.24, 2.45) is 0 Å². The van der Waals surface area contributed by atoms with Crippen LogP contribution in [-0.2, 0) is 20.7 Å². The predicted molar refractivity (Wildman–Crippen MR) is 112 cm³/mol. The monoisotopic (exact) mass is 415 g/mol. The Morgan fingerprint density at radius 2 is 1.87 bits per heavy atom. The van der Waals surface area contributed by atoms with Crippen molar-refractivity contribution in [3.8, 4) is 11.5 Å². The molecule has 2 aromatic rings.